The minimum atomic E-state index is -0.346. The van der Waals surface area contributed by atoms with E-state index < -0.39 is 0 Å². The standard InChI is InChI=1S/C29H30N2O2/c32-27(30-26-18-24-8-4-5-9-25(24)19-26)14-16-29(17-15-28(33)31-29)20-21-10-12-23(13-11-21)22-6-2-1-3-7-22/h1-13,26H,14-20H2,(H,30,32)(H,31,33)/t29-/m0/s1. The molecule has 3 aromatic rings. The Bertz CT molecular complexity index is 1110. The molecule has 1 aliphatic carbocycles. The van der Waals surface area contributed by atoms with Gasteiger partial charge in [-0.1, -0.05) is 78.9 Å². The van der Waals surface area contributed by atoms with E-state index in [1.807, 2.05) is 18.2 Å². The number of nitrogens with one attached hydrogen (secondary N) is 2. The second-order valence-electron chi connectivity index (χ2n) is 9.51. The molecule has 168 valence electrons. The Balaban J connectivity index is 1.20. The molecule has 1 aliphatic heterocycles. The largest absolute Gasteiger partial charge is 0.353 e. The van der Waals surface area contributed by atoms with Crippen LogP contribution < -0.4 is 10.6 Å². The average Bonchev–Trinajstić information content (AvgIpc) is 3.41. The van der Waals surface area contributed by atoms with Gasteiger partial charge >= 0.3 is 0 Å². The van der Waals surface area contributed by atoms with Crippen LogP contribution in [0, 0.1) is 0 Å². The highest BCUT2D eigenvalue weighted by Gasteiger charge is 2.38. The van der Waals surface area contributed by atoms with Crippen LogP contribution in [0.15, 0.2) is 78.9 Å². The molecule has 2 amide bonds. The van der Waals surface area contributed by atoms with Crippen LogP contribution in [-0.2, 0) is 28.9 Å². The smallest absolute Gasteiger partial charge is 0.220 e. The molecule has 0 bridgehead atoms. The predicted molar refractivity (Wildman–Crippen MR) is 131 cm³/mol. The Morgan fingerprint density at radius 3 is 2.15 bits per heavy atom. The molecule has 5 rings (SSSR count). The van der Waals surface area contributed by atoms with E-state index >= 15 is 0 Å². The Morgan fingerprint density at radius 2 is 1.52 bits per heavy atom. The third-order valence-electron chi connectivity index (χ3n) is 7.09. The van der Waals surface area contributed by atoms with Gasteiger partial charge in [0.2, 0.25) is 11.8 Å². The molecule has 33 heavy (non-hydrogen) atoms. The van der Waals surface area contributed by atoms with Gasteiger partial charge in [0.25, 0.3) is 0 Å². The molecular weight excluding hydrogens is 408 g/mol. The topological polar surface area (TPSA) is 58.2 Å². The van der Waals surface area contributed by atoms with Gasteiger partial charge in [-0.15, -0.1) is 0 Å². The van der Waals surface area contributed by atoms with E-state index in [4.69, 9.17) is 0 Å². The van der Waals surface area contributed by atoms with Crippen molar-refractivity contribution < 1.29 is 9.59 Å². The van der Waals surface area contributed by atoms with Crippen molar-refractivity contribution in [1.29, 1.82) is 0 Å². The lowest BCUT2D eigenvalue weighted by molar-refractivity contribution is -0.123. The fourth-order valence-electron chi connectivity index (χ4n) is 5.33. The summed E-state index contributed by atoms with van der Waals surface area (Å²) in [5.41, 5.74) is 5.88. The van der Waals surface area contributed by atoms with E-state index in [1.165, 1.54) is 27.8 Å². The Kier molecular flexibility index (Phi) is 5.99. The van der Waals surface area contributed by atoms with E-state index in [2.05, 4.69) is 71.3 Å². The summed E-state index contributed by atoms with van der Waals surface area (Å²) in [4.78, 5) is 24.9. The summed E-state index contributed by atoms with van der Waals surface area (Å²) in [6, 6.07) is 27.5. The molecule has 1 saturated heterocycles. The molecule has 0 radical (unpaired) electrons. The SMILES string of the molecule is O=C(CC[C@@]1(Cc2ccc(-c3ccccc3)cc2)CCC(=O)N1)NC1Cc2ccccc2C1. The highest BCUT2D eigenvalue weighted by atomic mass is 16.2. The second kappa shape index (κ2) is 9.22. The minimum absolute atomic E-state index is 0.0766. The van der Waals surface area contributed by atoms with Crippen molar-refractivity contribution in [3.05, 3.63) is 95.6 Å². The summed E-state index contributed by atoms with van der Waals surface area (Å²) in [7, 11) is 0. The zero-order valence-electron chi connectivity index (χ0n) is 18.8. The fourth-order valence-corrected chi connectivity index (χ4v) is 5.33. The van der Waals surface area contributed by atoms with Gasteiger partial charge in [0, 0.05) is 24.4 Å². The first-order valence-electron chi connectivity index (χ1n) is 11.9. The molecule has 0 aromatic heterocycles. The number of hydrogen-bond donors (Lipinski definition) is 2. The van der Waals surface area contributed by atoms with E-state index in [1.54, 1.807) is 0 Å². The number of carbonyl (C=O) groups excluding carboxylic acids is 2. The molecule has 4 heteroatoms. The number of benzene rings is 3. The van der Waals surface area contributed by atoms with Gasteiger partial charge in [-0.25, -0.2) is 0 Å². The number of fused-ring (bicyclic) bond motifs is 1. The molecule has 0 saturated carbocycles. The molecule has 1 heterocycles. The minimum Gasteiger partial charge on any atom is -0.353 e. The maximum atomic E-state index is 12.8. The van der Waals surface area contributed by atoms with Crippen LogP contribution in [0.4, 0.5) is 0 Å². The normalized spacial score (nSPS) is 19.8. The van der Waals surface area contributed by atoms with Crippen molar-refractivity contribution in [2.75, 3.05) is 0 Å². The summed E-state index contributed by atoms with van der Waals surface area (Å²) in [6.07, 6.45) is 4.93. The van der Waals surface area contributed by atoms with Crippen LogP contribution in [0.25, 0.3) is 11.1 Å². The van der Waals surface area contributed by atoms with Crippen molar-refractivity contribution in [3.63, 3.8) is 0 Å². The average molecular weight is 439 g/mol. The van der Waals surface area contributed by atoms with Crippen LogP contribution in [0.5, 0.6) is 0 Å². The van der Waals surface area contributed by atoms with Gasteiger partial charge < -0.3 is 10.6 Å². The second-order valence-corrected chi connectivity index (χ2v) is 9.51. The molecular formula is C29H30N2O2. The van der Waals surface area contributed by atoms with Crippen molar-refractivity contribution in [2.24, 2.45) is 0 Å². The summed E-state index contributed by atoms with van der Waals surface area (Å²) >= 11 is 0. The van der Waals surface area contributed by atoms with Gasteiger partial charge in [-0.05, 0) is 59.9 Å². The highest BCUT2D eigenvalue weighted by molar-refractivity contribution is 5.80. The van der Waals surface area contributed by atoms with Gasteiger partial charge in [-0.2, -0.15) is 0 Å². The summed E-state index contributed by atoms with van der Waals surface area (Å²) in [5, 5.41) is 6.42. The van der Waals surface area contributed by atoms with Crippen LogP contribution >= 0.6 is 0 Å². The van der Waals surface area contributed by atoms with E-state index in [0.29, 0.717) is 19.3 Å². The summed E-state index contributed by atoms with van der Waals surface area (Å²) < 4.78 is 0. The van der Waals surface area contributed by atoms with Gasteiger partial charge in [0.1, 0.15) is 0 Å². The summed E-state index contributed by atoms with van der Waals surface area (Å²) in [5.74, 6) is 0.162. The van der Waals surface area contributed by atoms with Crippen LogP contribution in [0.3, 0.4) is 0 Å². The molecule has 4 nitrogen and oxygen atoms in total. The van der Waals surface area contributed by atoms with Crippen LogP contribution in [-0.4, -0.2) is 23.4 Å². The van der Waals surface area contributed by atoms with E-state index in [0.717, 1.165) is 25.7 Å². The molecule has 1 fully saturated rings. The Labute approximate surface area is 195 Å². The van der Waals surface area contributed by atoms with Crippen molar-refractivity contribution in [1.82, 2.24) is 10.6 Å². The molecule has 0 unspecified atom stereocenters. The van der Waals surface area contributed by atoms with Crippen LogP contribution in [0.2, 0.25) is 0 Å². The number of amides is 2. The lowest BCUT2D eigenvalue weighted by Gasteiger charge is -2.29. The lowest BCUT2D eigenvalue weighted by Crippen LogP contribution is -2.45. The monoisotopic (exact) mass is 438 g/mol. The maximum absolute atomic E-state index is 12.8. The van der Waals surface area contributed by atoms with E-state index in [9.17, 15) is 9.59 Å². The Hall–Kier alpha value is -3.40. The molecule has 1 atom stereocenters. The quantitative estimate of drug-likeness (QED) is 0.566. The predicted octanol–water partition coefficient (Wildman–Crippen LogP) is 4.61. The molecule has 0 spiro atoms. The number of hydrogen-bond acceptors (Lipinski definition) is 2. The van der Waals surface area contributed by atoms with Gasteiger partial charge in [0.05, 0.1) is 0 Å². The van der Waals surface area contributed by atoms with E-state index in [-0.39, 0.29) is 23.4 Å². The lowest BCUT2D eigenvalue weighted by atomic mass is 9.84. The first kappa shape index (κ1) is 21.4. The van der Waals surface area contributed by atoms with Crippen LogP contribution in [0.1, 0.15) is 42.4 Å². The van der Waals surface area contributed by atoms with Gasteiger partial charge in [0.15, 0.2) is 0 Å². The number of rotatable bonds is 7. The summed E-state index contributed by atoms with van der Waals surface area (Å²) in [6.45, 7) is 0. The fraction of sp³-hybridized carbons (Fsp3) is 0.310. The first-order chi connectivity index (χ1) is 16.1. The molecule has 3 aromatic carbocycles. The first-order valence-corrected chi connectivity index (χ1v) is 11.9. The van der Waals surface area contributed by atoms with Gasteiger partial charge in [-0.3, -0.25) is 9.59 Å². The third kappa shape index (κ3) is 5.00. The highest BCUT2D eigenvalue weighted by Crippen LogP contribution is 2.31. The van der Waals surface area contributed by atoms with Crippen molar-refractivity contribution in [3.8, 4) is 11.1 Å². The van der Waals surface area contributed by atoms with Crippen molar-refractivity contribution in [2.45, 2.75) is 56.5 Å². The zero-order valence-corrected chi connectivity index (χ0v) is 18.8. The number of carbonyl (C=O) groups is 2. The molecule has 2 N–H and O–H groups in total. The molecule has 2 aliphatic rings. The van der Waals surface area contributed by atoms with Crippen molar-refractivity contribution >= 4 is 11.8 Å². The third-order valence-corrected chi connectivity index (χ3v) is 7.09. The zero-order chi connectivity index (χ0) is 22.7. The maximum Gasteiger partial charge on any atom is 0.220 e. The Morgan fingerprint density at radius 1 is 0.879 bits per heavy atom.